The van der Waals surface area contributed by atoms with Gasteiger partial charge >= 0.3 is 0 Å². The van der Waals surface area contributed by atoms with E-state index in [0.717, 1.165) is 55.3 Å². The summed E-state index contributed by atoms with van der Waals surface area (Å²) < 4.78 is 0. The second-order valence-corrected chi connectivity index (χ2v) is 20.4. The van der Waals surface area contributed by atoms with Gasteiger partial charge < -0.3 is 71.8 Å². The van der Waals surface area contributed by atoms with Crippen LogP contribution >= 0.6 is 0 Å². The molecule has 4 atom stereocenters. The smallest absolute Gasteiger partial charge is 0.246 e. The molecule has 0 spiro atoms. The Labute approximate surface area is 543 Å². The van der Waals surface area contributed by atoms with Crippen molar-refractivity contribution in [1.29, 1.82) is 0 Å². The van der Waals surface area contributed by atoms with E-state index in [1.165, 1.54) is 0 Å². The van der Waals surface area contributed by atoms with Crippen LogP contribution in [0.3, 0.4) is 0 Å². The summed E-state index contributed by atoms with van der Waals surface area (Å²) in [6.07, 6.45) is 6.95. The van der Waals surface area contributed by atoms with E-state index < -0.39 is 32.8 Å². The van der Waals surface area contributed by atoms with E-state index in [2.05, 4.69) is 84.6 Å². The molecule has 4 aliphatic rings. The van der Waals surface area contributed by atoms with Gasteiger partial charge in [-0.3, -0.25) is 41.2 Å². The second kappa shape index (κ2) is 25.3. The predicted octanol–water partition coefficient (Wildman–Crippen LogP) is 6.89. The van der Waals surface area contributed by atoms with Gasteiger partial charge in [-0.25, -0.2) is 39.9 Å². The molecule has 0 aliphatic carbocycles. The number of anilines is 4. The van der Waals surface area contributed by atoms with Crippen LogP contribution in [-0.4, -0.2) is 93.8 Å². The third kappa shape index (κ3) is 11.8. The van der Waals surface area contributed by atoms with E-state index in [4.69, 9.17) is 80.5 Å². The van der Waals surface area contributed by atoms with E-state index in [-0.39, 0.29) is 39.0 Å². The maximum absolute atomic E-state index is 8.25. The Hall–Kier alpha value is -11.9. The van der Waals surface area contributed by atoms with Gasteiger partial charge in [-0.15, -0.1) is 0 Å². The number of imidazole rings is 4. The van der Waals surface area contributed by atoms with E-state index in [1.54, 1.807) is 24.8 Å². The number of hydrogen-bond donors (Lipinski definition) is 12. The van der Waals surface area contributed by atoms with Crippen LogP contribution in [0, 0.1) is 44.5 Å². The number of nitrogens with zero attached hydrogens (tertiary/aromatic N) is 14. The van der Waals surface area contributed by atoms with Crippen molar-refractivity contribution in [3.63, 3.8) is 0 Å². The van der Waals surface area contributed by atoms with Crippen LogP contribution in [0.15, 0.2) is 202 Å². The third-order valence-electron chi connectivity index (χ3n) is 14.5. The molecule has 16 rings (SSSR count). The van der Waals surface area contributed by atoms with Gasteiger partial charge in [0.15, 0.2) is 0 Å². The Balaban J connectivity index is 0.000000166. The fourth-order valence-corrected chi connectivity index (χ4v) is 10.9. The zero-order chi connectivity index (χ0) is 62.0. The average Bonchev–Trinajstić information content (AvgIpc) is 1.54. The number of aromatic amines is 4. The molecule has 12 N–H and O–H groups in total. The number of nitrogens with one attached hydrogen (secondary N) is 12. The van der Waals surface area contributed by atoms with Gasteiger partial charge in [0.2, 0.25) is 70.3 Å². The van der Waals surface area contributed by atoms with Crippen LogP contribution in [0.1, 0.15) is 33.9 Å². The normalized spacial score (nSPS) is 19.4. The summed E-state index contributed by atoms with van der Waals surface area (Å²) in [5.41, 5.74) is 7.20. The Morgan fingerprint density at radius 2 is 0.630 bits per heavy atom. The molecule has 0 amide bonds. The Morgan fingerprint density at radius 3 is 0.924 bits per heavy atom. The average molecular weight is 1340 g/mol. The molecule has 0 fully saturated rings. The number of aryl methyl sites for hydroxylation is 2. The predicted molar refractivity (Wildman–Crippen MR) is 335 cm³/mol. The number of aromatic nitrogens is 12. The molecule has 0 bridgehead atoms. The molecular weight excluding hydrogens is 1290 g/mol. The molecule has 0 radical (unpaired) electrons. The van der Waals surface area contributed by atoms with Crippen molar-refractivity contribution in [3.8, 4) is 0 Å². The number of H-pyrrole nitrogens is 4. The molecule has 452 valence electrons. The molecular formula is C58H48N26O6Zn2-2. The summed E-state index contributed by atoms with van der Waals surface area (Å²) in [7, 11) is 0. The SMILES string of the molecule is Cc1ccc2nc(NC3=NC4(c5ccccn5)N=C(Nc5nc6ccccc6[nH]5)NC4(c4ccccn4)N3)[nH]c2c1.Cc1ccc2nc(NC3=NC4(c5ccccn5)N=C(Nc5nc6ccccc6[nH]5)NC4(c4ccccn4)N3)[nH]c2c1.O=[N+]([O-])[O-].O=[N+]([O-])[O-].[Zn].[Zn]. The van der Waals surface area contributed by atoms with E-state index in [1.807, 2.05) is 159 Å². The minimum atomic E-state index is -1.75. The van der Waals surface area contributed by atoms with Gasteiger partial charge in [-0.1, -0.05) is 60.7 Å². The topological polar surface area (TPSA) is 444 Å². The summed E-state index contributed by atoms with van der Waals surface area (Å²) in [6, 6.07) is 50.7. The van der Waals surface area contributed by atoms with Crippen LogP contribution in [0.2, 0.25) is 0 Å². The van der Waals surface area contributed by atoms with Crippen LogP contribution in [-0.2, 0) is 61.6 Å². The fraction of sp³-hybridized carbons (Fsp3) is 0.103. The number of fused-ring (bicyclic) bond motifs is 6. The molecule has 0 saturated heterocycles. The number of benzene rings is 4. The van der Waals surface area contributed by atoms with Crippen molar-refractivity contribution in [1.82, 2.24) is 81.1 Å². The number of aliphatic imine (C=N–C) groups is 4. The van der Waals surface area contributed by atoms with Gasteiger partial charge in [0.25, 0.3) is 0 Å². The molecule has 8 aromatic heterocycles. The first-order valence-corrected chi connectivity index (χ1v) is 27.4. The van der Waals surface area contributed by atoms with Crippen molar-refractivity contribution in [2.45, 2.75) is 36.5 Å². The number of hydrogen-bond acceptors (Lipinski definition) is 26. The van der Waals surface area contributed by atoms with Crippen molar-refractivity contribution in [2.24, 2.45) is 20.0 Å². The molecule has 0 saturated carbocycles. The van der Waals surface area contributed by atoms with Gasteiger partial charge in [0, 0.05) is 63.7 Å². The maximum atomic E-state index is 8.25. The Kier molecular flexibility index (Phi) is 17.0. The quantitative estimate of drug-likeness (QED) is 0.0418. The minimum Gasteiger partial charge on any atom is -0.356 e. The molecule has 4 unspecified atom stereocenters. The number of para-hydroxylation sites is 4. The van der Waals surface area contributed by atoms with Crippen LogP contribution < -0.4 is 42.5 Å². The van der Waals surface area contributed by atoms with Crippen LogP contribution in [0.5, 0.6) is 0 Å². The molecule has 34 heteroatoms. The maximum Gasteiger partial charge on any atom is 0.246 e. The van der Waals surface area contributed by atoms with Crippen LogP contribution in [0.4, 0.5) is 23.8 Å². The van der Waals surface area contributed by atoms with Gasteiger partial charge in [-0.2, -0.15) is 0 Å². The first-order valence-electron chi connectivity index (χ1n) is 27.4. The standard InChI is InChI=1S/2C29H24N12.2NO3.2Zn/c2*1-17-12-13-20-21(16-17)35-25(34-20)37-27-40-28(22-10-4-6-14-30-22)29(41-27,23-11-5-7-15-31-23)39-26(38-28)36-24-32-18-8-2-3-9-19(18)33-24;2*2-1(3)4;;/h2*2-16H,1H3,(H3,32,33,36,38,39)(H3,34,35,37,40,41);;;;/q;;2*-1;;. The van der Waals surface area contributed by atoms with E-state index in [0.29, 0.717) is 70.4 Å². The zero-order valence-corrected chi connectivity index (χ0v) is 54.4. The van der Waals surface area contributed by atoms with Gasteiger partial charge in [0.1, 0.15) is 0 Å². The molecule has 12 heterocycles. The van der Waals surface area contributed by atoms with Crippen molar-refractivity contribution < 1.29 is 49.1 Å². The van der Waals surface area contributed by atoms with Crippen molar-refractivity contribution in [3.05, 3.63) is 247 Å². The van der Waals surface area contributed by atoms with Crippen molar-refractivity contribution >= 4 is 91.8 Å². The zero-order valence-electron chi connectivity index (χ0n) is 48.4. The van der Waals surface area contributed by atoms with E-state index in [9.17, 15) is 0 Å². The Bertz CT molecular complexity index is 4430. The summed E-state index contributed by atoms with van der Waals surface area (Å²) in [4.78, 5) is 87.8. The first kappa shape index (κ1) is 61.7. The Morgan fingerprint density at radius 1 is 0.359 bits per heavy atom. The van der Waals surface area contributed by atoms with Gasteiger partial charge in [-0.05, 0) is 122 Å². The summed E-state index contributed by atoms with van der Waals surface area (Å²) >= 11 is 0. The molecule has 4 aliphatic heterocycles. The van der Waals surface area contributed by atoms with Crippen molar-refractivity contribution in [2.75, 3.05) is 21.3 Å². The monoisotopic (exact) mass is 1330 g/mol. The first-order chi connectivity index (χ1) is 43.7. The second-order valence-electron chi connectivity index (χ2n) is 20.4. The van der Waals surface area contributed by atoms with E-state index >= 15 is 0 Å². The summed E-state index contributed by atoms with van der Waals surface area (Å²) in [5.74, 6) is 4.01. The largest absolute Gasteiger partial charge is 0.356 e. The van der Waals surface area contributed by atoms with Gasteiger partial charge in [0.05, 0.1) is 77.1 Å². The minimum absolute atomic E-state index is 0. The molecule has 92 heavy (non-hydrogen) atoms. The molecule has 4 aromatic carbocycles. The number of guanidine groups is 4. The number of rotatable bonds is 8. The van der Waals surface area contributed by atoms with Crippen LogP contribution in [0.25, 0.3) is 44.1 Å². The summed E-state index contributed by atoms with van der Waals surface area (Å²) in [5, 5.41) is 56.9. The number of pyridine rings is 4. The third-order valence-corrected chi connectivity index (χ3v) is 14.5. The molecule has 12 aromatic rings. The summed E-state index contributed by atoms with van der Waals surface area (Å²) in [6.45, 7) is 4.09. The fourth-order valence-electron chi connectivity index (χ4n) is 10.9. The molecule has 32 nitrogen and oxygen atoms in total.